The minimum absolute atomic E-state index is 0.0642. The molecule has 2 saturated heterocycles. The maximum Gasteiger partial charge on any atom is 0.318 e. The largest absolute Gasteiger partial charge is 0.332 e. The topological polar surface area (TPSA) is 66.5 Å². The van der Waals surface area contributed by atoms with Crippen molar-refractivity contribution in [2.45, 2.75) is 18.6 Å². The fourth-order valence-corrected chi connectivity index (χ4v) is 4.56. The van der Waals surface area contributed by atoms with Crippen LogP contribution < -0.4 is 5.32 Å². The van der Waals surface area contributed by atoms with E-state index in [1.54, 1.807) is 4.90 Å². The van der Waals surface area contributed by atoms with Crippen LogP contribution in [-0.4, -0.2) is 42.9 Å². The van der Waals surface area contributed by atoms with Gasteiger partial charge in [0, 0.05) is 6.54 Å². The molecule has 0 aromatic heterocycles. The fourth-order valence-electron chi connectivity index (χ4n) is 2.64. The Morgan fingerprint density at radius 2 is 1.94 bits per heavy atom. The summed E-state index contributed by atoms with van der Waals surface area (Å²) in [4.78, 5) is 13.5. The molecule has 1 N–H and O–H groups in total. The molecule has 2 aliphatic heterocycles. The maximum atomic E-state index is 11.8. The predicted octanol–water partition coefficient (Wildman–Crippen LogP) is 0.377. The zero-order chi connectivity index (χ0) is 12.8. The van der Waals surface area contributed by atoms with Gasteiger partial charge < -0.3 is 10.2 Å². The monoisotopic (exact) mass is 266 g/mol. The van der Waals surface area contributed by atoms with Crippen LogP contribution in [0.15, 0.2) is 30.3 Å². The maximum absolute atomic E-state index is 11.8. The third-order valence-electron chi connectivity index (χ3n) is 3.49. The van der Waals surface area contributed by atoms with Crippen LogP contribution in [0.3, 0.4) is 0 Å². The van der Waals surface area contributed by atoms with E-state index < -0.39 is 9.84 Å². The van der Waals surface area contributed by atoms with Crippen LogP contribution in [-0.2, 0) is 16.4 Å². The number of rotatable bonds is 2. The SMILES string of the molecule is O=C1N[C@H]2CS(=O)(=O)C[C@@H]2N1Cc1ccccc1. The summed E-state index contributed by atoms with van der Waals surface area (Å²) < 4.78 is 23.1. The van der Waals surface area contributed by atoms with Gasteiger partial charge in [0.2, 0.25) is 0 Å². The Labute approximate surface area is 106 Å². The molecule has 2 heterocycles. The van der Waals surface area contributed by atoms with Crippen molar-refractivity contribution < 1.29 is 13.2 Å². The van der Waals surface area contributed by atoms with Gasteiger partial charge in [-0.25, -0.2) is 13.2 Å². The summed E-state index contributed by atoms with van der Waals surface area (Å²) in [6.45, 7) is 0.462. The molecule has 2 atom stereocenters. The third kappa shape index (κ3) is 1.96. The Morgan fingerprint density at radius 3 is 2.67 bits per heavy atom. The van der Waals surface area contributed by atoms with Crippen LogP contribution in [0.5, 0.6) is 0 Å². The average Bonchev–Trinajstić information content (AvgIpc) is 2.74. The Balaban J connectivity index is 1.82. The lowest BCUT2D eigenvalue weighted by Gasteiger charge is -2.21. The molecule has 0 bridgehead atoms. The van der Waals surface area contributed by atoms with Gasteiger partial charge in [0.1, 0.15) is 0 Å². The molecule has 1 aromatic carbocycles. The van der Waals surface area contributed by atoms with Gasteiger partial charge in [-0.1, -0.05) is 30.3 Å². The van der Waals surface area contributed by atoms with E-state index >= 15 is 0 Å². The minimum atomic E-state index is -3.01. The van der Waals surface area contributed by atoms with E-state index in [1.807, 2.05) is 30.3 Å². The highest BCUT2D eigenvalue weighted by Crippen LogP contribution is 2.25. The molecule has 2 amide bonds. The van der Waals surface area contributed by atoms with Gasteiger partial charge in [0.05, 0.1) is 23.6 Å². The van der Waals surface area contributed by atoms with Gasteiger partial charge in [-0.05, 0) is 5.56 Å². The minimum Gasteiger partial charge on any atom is -0.332 e. The van der Waals surface area contributed by atoms with Gasteiger partial charge in [-0.2, -0.15) is 0 Å². The number of fused-ring (bicyclic) bond motifs is 1. The van der Waals surface area contributed by atoms with Crippen LogP contribution in [0.25, 0.3) is 0 Å². The van der Waals surface area contributed by atoms with Crippen molar-refractivity contribution in [3.63, 3.8) is 0 Å². The molecule has 1 aromatic rings. The number of benzene rings is 1. The molecule has 18 heavy (non-hydrogen) atoms. The number of amides is 2. The van der Waals surface area contributed by atoms with Crippen molar-refractivity contribution in [3.8, 4) is 0 Å². The van der Waals surface area contributed by atoms with Crippen molar-refractivity contribution >= 4 is 15.9 Å². The second-order valence-corrected chi connectivity index (χ2v) is 6.97. The number of nitrogens with one attached hydrogen (secondary N) is 1. The van der Waals surface area contributed by atoms with Crippen LogP contribution in [0, 0.1) is 0 Å². The standard InChI is InChI=1S/C12H14N2O3S/c15-12-13-10-7-18(16,17)8-11(10)14(12)6-9-4-2-1-3-5-9/h1-5,10-11H,6-8H2,(H,13,15)/t10-,11-/m0/s1. The lowest BCUT2D eigenvalue weighted by molar-refractivity contribution is 0.204. The van der Waals surface area contributed by atoms with Crippen molar-refractivity contribution in [3.05, 3.63) is 35.9 Å². The first-order valence-electron chi connectivity index (χ1n) is 5.87. The number of carbonyl (C=O) groups excluding carboxylic acids is 1. The van der Waals surface area contributed by atoms with Gasteiger partial charge in [-0.3, -0.25) is 0 Å². The van der Waals surface area contributed by atoms with Gasteiger partial charge in [0.15, 0.2) is 9.84 Å². The van der Waals surface area contributed by atoms with Gasteiger partial charge >= 0.3 is 6.03 Å². The van der Waals surface area contributed by atoms with E-state index in [0.717, 1.165) is 5.56 Å². The van der Waals surface area contributed by atoms with E-state index in [-0.39, 0.29) is 29.6 Å². The van der Waals surface area contributed by atoms with Crippen molar-refractivity contribution in [1.82, 2.24) is 10.2 Å². The first-order valence-corrected chi connectivity index (χ1v) is 7.69. The highest BCUT2D eigenvalue weighted by Gasteiger charge is 2.48. The molecule has 5 nitrogen and oxygen atoms in total. The number of hydrogen-bond donors (Lipinski definition) is 1. The van der Waals surface area contributed by atoms with Crippen LogP contribution in [0.4, 0.5) is 4.79 Å². The lowest BCUT2D eigenvalue weighted by atomic mass is 10.1. The summed E-state index contributed by atoms with van der Waals surface area (Å²) >= 11 is 0. The molecule has 0 aliphatic carbocycles. The summed E-state index contributed by atoms with van der Waals surface area (Å²) in [5.74, 6) is 0.137. The molecule has 0 spiro atoms. The van der Waals surface area contributed by atoms with Gasteiger partial charge in [-0.15, -0.1) is 0 Å². The molecule has 2 fully saturated rings. The molecule has 0 unspecified atom stereocenters. The third-order valence-corrected chi connectivity index (χ3v) is 5.20. The van der Waals surface area contributed by atoms with E-state index in [2.05, 4.69) is 5.32 Å². The highest BCUT2D eigenvalue weighted by atomic mass is 32.2. The first-order chi connectivity index (χ1) is 8.55. The first kappa shape index (κ1) is 11.5. The van der Waals surface area contributed by atoms with Crippen molar-refractivity contribution in [1.29, 1.82) is 0 Å². The quantitative estimate of drug-likeness (QED) is 0.787. The number of urea groups is 1. The second kappa shape index (κ2) is 3.98. The molecule has 0 saturated carbocycles. The number of hydrogen-bond acceptors (Lipinski definition) is 3. The summed E-state index contributed by atoms with van der Waals surface area (Å²) in [7, 11) is -3.01. The van der Waals surface area contributed by atoms with Gasteiger partial charge in [0.25, 0.3) is 0 Å². The summed E-state index contributed by atoms with van der Waals surface area (Å²) in [5, 5.41) is 2.75. The summed E-state index contributed by atoms with van der Waals surface area (Å²) in [6.07, 6.45) is 0. The fraction of sp³-hybridized carbons (Fsp3) is 0.417. The molecular formula is C12H14N2O3S. The Morgan fingerprint density at radius 1 is 1.22 bits per heavy atom. The molecule has 96 valence electrons. The molecule has 2 aliphatic rings. The Bertz CT molecular complexity index is 570. The van der Waals surface area contributed by atoms with Crippen molar-refractivity contribution in [2.24, 2.45) is 0 Å². The smallest absolute Gasteiger partial charge is 0.318 e. The highest BCUT2D eigenvalue weighted by molar-refractivity contribution is 7.91. The number of nitrogens with zero attached hydrogens (tertiary/aromatic N) is 1. The Hall–Kier alpha value is -1.56. The number of sulfone groups is 1. The van der Waals surface area contributed by atoms with Crippen LogP contribution in [0.1, 0.15) is 5.56 Å². The average molecular weight is 266 g/mol. The normalized spacial score (nSPS) is 29.1. The zero-order valence-electron chi connectivity index (χ0n) is 9.74. The zero-order valence-corrected chi connectivity index (χ0v) is 10.6. The lowest BCUT2D eigenvalue weighted by Crippen LogP contribution is -2.36. The molecule has 0 radical (unpaired) electrons. The van der Waals surface area contributed by atoms with Crippen LogP contribution >= 0.6 is 0 Å². The summed E-state index contributed by atoms with van der Waals surface area (Å²) in [5.41, 5.74) is 1.01. The van der Waals surface area contributed by atoms with E-state index in [1.165, 1.54) is 0 Å². The summed E-state index contributed by atoms with van der Waals surface area (Å²) in [6, 6.07) is 8.97. The number of carbonyl (C=O) groups is 1. The predicted molar refractivity (Wildman–Crippen MR) is 66.7 cm³/mol. The molecular weight excluding hydrogens is 252 g/mol. The Kier molecular flexibility index (Phi) is 2.55. The van der Waals surface area contributed by atoms with E-state index in [4.69, 9.17) is 0 Å². The second-order valence-electron chi connectivity index (χ2n) is 4.81. The van der Waals surface area contributed by atoms with E-state index in [9.17, 15) is 13.2 Å². The van der Waals surface area contributed by atoms with Crippen LogP contribution in [0.2, 0.25) is 0 Å². The van der Waals surface area contributed by atoms with E-state index in [0.29, 0.717) is 6.54 Å². The van der Waals surface area contributed by atoms with Crippen molar-refractivity contribution in [2.75, 3.05) is 11.5 Å². The molecule has 6 heteroatoms. The molecule has 3 rings (SSSR count).